The molecule has 3 rings (SSSR count). The highest BCUT2D eigenvalue weighted by atomic mass is 35.5. The number of hydrogen-bond donors (Lipinski definition) is 1. The molecule has 0 bridgehead atoms. The number of hydrogen-bond acceptors (Lipinski definition) is 4. The van der Waals surface area contributed by atoms with Crippen LogP contribution in [-0.4, -0.2) is 16.0 Å². The average molecular weight is 296 g/mol. The Morgan fingerprint density at radius 2 is 2.26 bits per heavy atom. The van der Waals surface area contributed by atoms with Crippen molar-refractivity contribution in [2.75, 3.05) is 5.32 Å². The number of aromatic nitrogens is 2. The molecule has 1 unspecified atom stereocenters. The van der Waals surface area contributed by atoms with Crippen LogP contribution in [0.1, 0.15) is 38.0 Å². The summed E-state index contributed by atoms with van der Waals surface area (Å²) in [6.07, 6.45) is 5.02. The van der Waals surface area contributed by atoms with Crippen LogP contribution in [0.25, 0.3) is 10.2 Å². The summed E-state index contributed by atoms with van der Waals surface area (Å²) in [7, 11) is 0. The fraction of sp³-hybridized carbons (Fsp3) is 0.571. The summed E-state index contributed by atoms with van der Waals surface area (Å²) in [6.45, 7) is 4.39. The minimum Gasteiger partial charge on any atom is -0.367 e. The number of rotatable bonds is 4. The van der Waals surface area contributed by atoms with Crippen LogP contribution in [0.4, 0.5) is 5.82 Å². The van der Waals surface area contributed by atoms with E-state index in [2.05, 4.69) is 35.2 Å². The first-order valence-electron chi connectivity index (χ1n) is 6.90. The van der Waals surface area contributed by atoms with E-state index < -0.39 is 0 Å². The minimum atomic E-state index is 0.334. The third-order valence-corrected chi connectivity index (χ3v) is 5.33. The molecular formula is C14H18ClN3S. The van der Waals surface area contributed by atoms with E-state index in [9.17, 15) is 0 Å². The van der Waals surface area contributed by atoms with Gasteiger partial charge in [0.25, 0.3) is 0 Å². The maximum absolute atomic E-state index is 6.03. The van der Waals surface area contributed by atoms with Crippen LogP contribution in [0.15, 0.2) is 6.07 Å². The molecule has 0 aliphatic heterocycles. The highest BCUT2D eigenvalue weighted by molar-refractivity contribution is 7.18. The van der Waals surface area contributed by atoms with Crippen LogP contribution in [-0.2, 0) is 6.42 Å². The molecular weight excluding hydrogens is 278 g/mol. The fourth-order valence-corrected chi connectivity index (χ4v) is 3.69. The van der Waals surface area contributed by atoms with Crippen molar-refractivity contribution in [1.82, 2.24) is 9.97 Å². The average Bonchev–Trinajstić information content (AvgIpc) is 2.69. The molecule has 19 heavy (non-hydrogen) atoms. The summed E-state index contributed by atoms with van der Waals surface area (Å²) in [4.78, 5) is 11.0. The van der Waals surface area contributed by atoms with Crippen molar-refractivity contribution in [3.63, 3.8) is 0 Å². The van der Waals surface area contributed by atoms with Gasteiger partial charge >= 0.3 is 0 Å². The summed E-state index contributed by atoms with van der Waals surface area (Å²) in [5, 5.41) is 4.98. The van der Waals surface area contributed by atoms with E-state index in [1.165, 1.54) is 24.1 Å². The maximum atomic E-state index is 6.03. The largest absolute Gasteiger partial charge is 0.367 e. The van der Waals surface area contributed by atoms with Gasteiger partial charge in [0.1, 0.15) is 10.6 Å². The summed E-state index contributed by atoms with van der Waals surface area (Å²) >= 11 is 7.74. The number of nitrogens with one attached hydrogen (secondary N) is 1. The lowest BCUT2D eigenvalue weighted by Crippen LogP contribution is -2.31. The highest BCUT2D eigenvalue weighted by Gasteiger charge is 2.24. The van der Waals surface area contributed by atoms with E-state index in [1.54, 1.807) is 11.3 Å². The third-order valence-electron chi connectivity index (χ3n) is 3.99. The topological polar surface area (TPSA) is 37.8 Å². The molecule has 0 aromatic carbocycles. The van der Waals surface area contributed by atoms with Crippen molar-refractivity contribution < 1.29 is 0 Å². The number of thiophene rings is 1. The predicted octanol–water partition coefficient (Wildman–Crippen LogP) is 4.51. The van der Waals surface area contributed by atoms with E-state index in [4.69, 9.17) is 11.6 Å². The molecule has 1 atom stereocenters. The van der Waals surface area contributed by atoms with E-state index >= 15 is 0 Å². The van der Waals surface area contributed by atoms with Gasteiger partial charge in [-0.2, -0.15) is 0 Å². The van der Waals surface area contributed by atoms with Crippen LogP contribution in [0.5, 0.6) is 0 Å². The smallest absolute Gasteiger partial charge is 0.225 e. The van der Waals surface area contributed by atoms with Gasteiger partial charge in [0, 0.05) is 10.9 Å². The third kappa shape index (κ3) is 2.56. The van der Waals surface area contributed by atoms with Gasteiger partial charge < -0.3 is 5.32 Å². The molecule has 1 fully saturated rings. The van der Waals surface area contributed by atoms with Crippen LogP contribution in [0.2, 0.25) is 5.28 Å². The molecule has 5 heteroatoms. The second kappa shape index (κ2) is 5.25. The lowest BCUT2D eigenvalue weighted by molar-refractivity contribution is 0.285. The zero-order valence-corrected chi connectivity index (χ0v) is 12.8. The summed E-state index contributed by atoms with van der Waals surface area (Å²) in [6, 6.07) is 2.64. The molecule has 2 heterocycles. The van der Waals surface area contributed by atoms with E-state index in [1.807, 2.05) is 0 Å². The first-order chi connectivity index (χ1) is 9.17. The Balaban J connectivity index is 1.94. The number of anilines is 1. The lowest BCUT2D eigenvalue weighted by Gasteiger charge is -2.32. The standard InChI is InChI=1S/C14H18ClN3S/c1-3-10-7-11-12(16-8(2)9-5-4-6-9)17-14(15)18-13(11)19-10/h7-9H,3-6H2,1-2H3,(H,16,17,18). The summed E-state index contributed by atoms with van der Waals surface area (Å²) in [5.74, 6) is 1.67. The second-order valence-electron chi connectivity index (χ2n) is 5.25. The van der Waals surface area contributed by atoms with Crippen molar-refractivity contribution >= 4 is 39.0 Å². The zero-order chi connectivity index (χ0) is 13.4. The Morgan fingerprint density at radius 3 is 2.89 bits per heavy atom. The molecule has 3 nitrogen and oxygen atoms in total. The molecule has 0 radical (unpaired) electrons. The minimum absolute atomic E-state index is 0.334. The molecule has 2 aromatic heterocycles. The number of halogens is 1. The first-order valence-corrected chi connectivity index (χ1v) is 8.09. The molecule has 102 valence electrons. The Hall–Kier alpha value is -0.870. The van der Waals surface area contributed by atoms with E-state index in [0.717, 1.165) is 28.4 Å². The molecule has 1 aliphatic rings. The zero-order valence-electron chi connectivity index (χ0n) is 11.2. The Kier molecular flexibility index (Phi) is 3.63. The Labute approximate surface area is 122 Å². The van der Waals surface area contributed by atoms with E-state index in [-0.39, 0.29) is 0 Å². The van der Waals surface area contributed by atoms with Crippen LogP contribution in [0.3, 0.4) is 0 Å². The molecule has 0 saturated heterocycles. The Bertz CT molecular complexity index is 592. The van der Waals surface area contributed by atoms with Gasteiger partial charge in [-0.05, 0) is 49.8 Å². The van der Waals surface area contributed by atoms with Gasteiger partial charge in [0.15, 0.2) is 0 Å². The molecule has 1 N–H and O–H groups in total. The normalized spacial score (nSPS) is 17.4. The van der Waals surface area contributed by atoms with Crippen molar-refractivity contribution in [1.29, 1.82) is 0 Å². The Morgan fingerprint density at radius 1 is 1.47 bits per heavy atom. The van der Waals surface area contributed by atoms with Gasteiger partial charge in [-0.1, -0.05) is 13.3 Å². The van der Waals surface area contributed by atoms with Crippen molar-refractivity contribution in [3.8, 4) is 0 Å². The summed E-state index contributed by atoms with van der Waals surface area (Å²) < 4.78 is 0. The SMILES string of the molecule is CCc1cc2c(NC(C)C3CCC3)nc(Cl)nc2s1. The maximum Gasteiger partial charge on any atom is 0.225 e. The quantitative estimate of drug-likeness (QED) is 0.844. The van der Waals surface area contributed by atoms with Crippen molar-refractivity contribution in [2.24, 2.45) is 5.92 Å². The van der Waals surface area contributed by atoms with E-state index in [0.29, 0.717) is 11.3 Å². The molecule has 1 aliphatic carbocycles. The fourth-order valence-electron chi connectivity index (χ4n) is 2.50. The van der Waals surface area contributed by atoms with Crippen molar-refractivity contribution in [2.45, 2.75) is 45.6 Å². The second-order valence-corrected chi connectivity index (χ2v) is 6.70. The molecule has 0 amide bonds. The van der Waals surface area contributed by atoms with Crippen molar-refractivity contribution in [3.05, 3.63) is 16.2 Å². The van der Waals surface area contributed by atoms with Gasteiger partial charge in [0.2, 0.25) is 5.28 Å². The van der Waals surface area contributed by atoms with Gasteiger partial charge in [-0.15, -0.1) is 11.3 Å². The molecule has 2 aromatic rings. The van der Waals surface area contributed by atoms with Gasteiger partial charge in [0.05, 0.1) is 5.39 Å². The lowest BCUT2D eigenvalue weighted by atomic mass is 9.80. The number of nitrogens with zero attached hydrogens (tertiary/aromatic N) is 2. The van der Waals surface area contributed by atoms with Crippen LogP contribution >= 0.6 is 22.9 Å². The van der Waals surface area contributed by atoms with Gasteiger partial charge in [-0.3, -0.25) is 0 Å². The monoisotopic (exact) mass is 295 g/mol. The highest BCUT2D eigenvalue weighted by Crippen LogP contribution is 2.34. The van der Waals surface area contributed by atoms with Crippen LogP contribution < -0.4 is 5.32 Å². The number of aryl methyl sites for hydroxylation is 1. The summed E-state index contributed by atoms with van der Waals surface area (Å²) in [5.41, 5.74) is 0. The molecule has 0 spiro atoms. The first kappa shape index (κ1) is 13.1. The van der Waals surface area contributed by atoms with Crippen LogP contribution in [0, 0.1) is 5.92 Å². The molecule has 1 saturated carbocycles. The number of fused-ring (bicyclic) bond motifs is 1. The predicted molar refractivity (Wildman–Crippen MR) is 82.2 cm³/mol. The van der Waals surface area contributed by atoms with Gasteiger partial charge in [-0.25, -0.2) is 9.97 Å².